The summed E-state index contributed by atoms with van der Waals surface area (Å²) in [5.41, 5.74) is 1.37. The first-order valence-corrected chi connectivity index (χ1v) is 9.61. The number of carbonyl (C=O) groups excluding carboxylic acids is 1. The minimum absolute atomic E-state index is 0.0725. The largest absolute Gasteiger partial charge is 0.334 e. The van der Waals surface area contributed by atoms with Crippen LogP contribution in [0.5, 0.6) is 0 Å². The summed E-state index contributed by atoms with van der Waals surface area (Å²) in [5.74, 6) is 0.533. The monoisotopic (exact) mass is 349 g/mol. The fraction of sp³-hybridized carbons (Fsp3) is 0.438. The predicted molar refractivity (Wildman–Crippen MR) is 89.2 cm³/mol. The molecule has 0 spiro atoms. The zero-order valence-corrected chi connectivity index (χ0v) is 14.3. The highest BCUT2D eigenvalue weighted by molar-refractivity contribution is 7.91. The minimum Gasteiger partial charge on any atom is -0.334 e. The molecule has 1 amide bonds. The van der Waals surface area contributed by atoms with E-state index in [0.29, 0.717) is 23.8 Å². The number of rotatable bonds is 4. The Bertz CT molecular complexity index is 840. The molecule has 1 saturated heterocycles. The Morgan fingerprint density at radius 2 is 2.00 bits per heavy atom. The third-order valence-corrected chi connectivity index (χ3v) is 5.73. The van der Waals surface area contributed by atoms with Gasteiger partial charge in [0.2, 0.25) is 5.91 Å². The SMILES string of the molecule is CC(C)c1noc(-c2ccc(NC(=O)[C@H]3CCS(=O)(=O)C3)cc2)n1. The molecule has 0 radical (unpaired) electrons. The van der Waals surface area contributed by atoms with Crippen molar-refractivity contribution in [1.82, 2.24) is 10.1 Å². The van der Waals surface area contributed by atoms with Gasteiger partial charge in [-0.3, -0.25) is 4.79 Å². The van der Waals surface area contributed by atoms with Gasteiger partial charge >= 0.3 is 0 Å². The van der Waals surface area contributed by atoms with Crippen LogP contribution < -0.4 is 5.32 Å². The van der Waals surface area contributed by atoms with Crippen LogP contribution in [0, 0.1) is 5.92 Å². The summed E-state index contributed by atoms with van der Waals surface area (Å²) in [7, 11) is -3.07. The van der Waals surface area contributed by atoms with Crippen molar-refractivity contribution in [1.29, 1.82) is 0 Å². The Labute approximate surface area is 140 Å². The maximum absolute atomic E-state index is 12.1. The molecule has 24 heavy (non-hydrogen) atoms. The Morgan fingerprint density at radius 3 is 2.54 bits per heavy atom. The molecule has 0 saturated carbocycles. The fourth-order valence-electron chi connectivity index (χ4n) is 2.53. The van der Waals surface area contributed by atoms with Crippen LogP contribution in [0.1, 0.15) is 32.0 Å². The van der Waals surface area contributed by atoms with Crippen LogP contribution in [-0.2, 0) is 14.6 Å². The van der Waals surface area contributed by atoms with Crippen molar-refractivity contribution in [3.63, 3.8) is 0 Å². The molecular formula is C16H19N3O4S. The third-order valence-electron chi connectivity index (χ3n) is 3.96. The van der Waals surface area contributed by atoms with E-state index in [1.54, 1.807) is 24.3 Å². The molecule has 1 aliphatic rings. The van der Waals surface area contributed by atoms with E-state index in [4.69, 9.17) is 4.52 Å². The predicted octanol–water partition coefficient (Wildman–Crippen LogP) is 2.23. The van der Waals surface area contributed by atoms with E-state index in [1.807, 2.05) is 13.8 Å². The van der Waals surface area contributed by atoms with Crippen molar-refractivity contribution in [3.05, 3.63) is 30.1 Å². The van der Waals surface area contributed by atoms with Gasteiger partial charge in [0.1, 0.15) is 0 Å². The highest BCUT2D eigenvalue weighted by Gasteiger charge is 2.32. The van der Waals surface area contributed by atoms with Crippen LogP contribution in [0.25, 0.3) is 11.5 Å². The van der Waals surface area contributed by atoms with Gasteiger partial charge in [0.25, 0.3) is 5.89 Å². The minimum atomic E-state index is -3.07. The molecule has 2 aromatic rings. The molecule has 3 rings (SSSR count). The zero-order valence-electron chi connectivity index (χ0n) is 13.5. The Kier molecular flexibility index (Phi) is 4.40. The van der Waals surface area contributed by atoms with Crippen LogP contribution in [0.15, 0.2) is 28.8 Å². The second kappa shape index (κ2) is 6.35. The van der Waals surface area contributed by atoms with Gasteiger partial charge in [-0.25, -0.2) is 8.42 Å². The summed E-state index contributed by atoms with van der Waals surface area (Å²) in [5, 5.41) is 6.67. The Balaban J connectivity index is 1.67. The molecule has 0 bridgehead atoms. The van der Waals surface area contributed by atoms with Gasteiger partial charge in [0, 0.05) is 17.2 Å². The maximum Gasteiger partial charge on any atom is 0.257 e. The molecule has 8 heteroatoms. The second-order valence-electron chi connectivity index (χ2n) is 6.28. The average Bonchev–Trinajstić information content (AvgIpc) is 3.15. The molecule has 7 nitrogen and oxygen atoms in total. The van der Waals surface area contributed by atoms with Crippen LogP contribution in [0.4, 0.5) is 5.69 Å². The first kappa shape index (κ1) is 16.6. The number of nitrogens with one attached hydrogen (secondary N) is 1. The van der Waals surface area contributed by atoms with Gasteiger partial charge < -0.3 is 9.84 Å². The molecule has 0 unspecified atom stereocenters. The Hall–Kier alpha value is -2.22. The van der Waals surface area contributed by atoms with E-state index < -0.39 is 15.8 Å². The lowest BCUT2D eigenvalue weighted by molar-refractivity contribution is -0.119. The van der Waals surface area contributed by atoms with Crippen molar-refractivity contribution in [2.75, 3.05) is 16.8 Å². The van der Waals surface area contributed by atoms with Crippen molar-refractivity contribution < 1.29 is 17.7 Å². The molecule has 1 atom stereocenters. The van der Waals surface area contributed by atoms with Crippen molar-refractivity contribution >= 4 is 21.4 Å². The number of hydrogen-bond donors (Lipinski definition) is 1. The van der Waals surface area contributed by atoms with E-state index in [-0.39, 0.29) is 23.3 Å². The molecule has 0 aliphatic carbocycles. The molecule has 1 fully saturated rings. The van der Waals surface area contributed by atoms with Gasteiger partial charge in [0.15, 0.2) is 15.7 Å². The van der Waals surface area contributed by atoms with Crippen molar-refractivity contribution in [2.45, 2.75) is 26.2 Å². The van der Waals surface area contributed by atoms with E-state index in [2.05, 4.69) is 15.5 Å². The third kappa shape index (κ3) is 3.64. The lowest BCUT2D eigenvalue weighted by Gasteiger charge is -2.09. The molecule has 1 aliphatic heterocycles. The number of aromatic nitrogens is 2. The van der Waals surface area contributed by atoms with E-state index >= 15 is 0 Å². The zero-order chi connectivity index (χ0) is 17.3. The number of carbonyl (C=O) groups is 1. The number of anilines is 1. The van der Waals surface area contributed by atoms with Gasteiger partial charge in [-0.1, -0.05) is 19.0 Å². The summed E-state index contributed by atoms with van der Waals surface area (Å²) in [6.45, 7) is 3.97. The van der Waals surface area contributed by atoms with Crippen LogP contribution in [-0.4, -0.2) is 36.0 Å². The lowest BCUT2D eigenvalue weighted by atomic mass is 10.1. The van der Waals surface area contributed by atoms with E-state index in [0.717, 1.165) is 5.56 Å². The second-order valence-corrected chi connectivity index (χ2v) is 8.51. The highest BCUT2D eigenvalue weighted by atomic mass is 32.2. The number of hydrogen-bond acceptors (Lipinski definition) is 6. The number of benzene rings is 1. The number of amides is 1. The smallest absolute Gasteiger partial charge is 0.257 e. The normalized spacial score (nSPS) is 19.5. The van der Waals surface area contributed by atoms with Crippen LogP contribution in [0.2, 0.25) is 0 Å². The maximum atomic E-state index is 12.1. The quantitative estimate of drug-likeness (QED) is 0.908. The van der Waals surface area contributed by atoms with Crippen molar-refractivity contribution in [3.8, 4) is 11.5 Å². The van der Waals surface area contributed by atoms with E-state index in [9.17, 15) is 13.2 Å². The summed E-state index contributed by atoms with van der Waals surface area (Å²) in [6, 6.07) is 7.02. The van der Waals surface area contributed by atoms with Crippen molar-refractivity contribution in [2.24, 2.45) is 5.92 Å². The fourth-order valence-corrected chi connectivity index (χ4v) is 4.27. The summed E-state index contributed by atoms with van der Waals surface area (Å²) in [4.78, 5) is 16.4. The first-order chi connectivity index (χ1) is 11.3. The summed E-state index contributed by atoms with van der Waals surface area (Å²) < 4.78 is 28.1. The summed E-state index contributed by atoms with van der Waals surface area (Å²) in [6.07, 6.45) is 0.381. The molecule has 2 heterocycles. The Morgan fingerprint density at radius 1 is 1.29 bits per heavy atom. The highest BCUT2D eigenvalue weighted by Crippen LogP contribution is 2.23. The standard InChI is InChI=1S/C16H19N3O4S/c1-10(2)14-18-16(23-19-14)11-3-5-13(6-4-11)17-15(20)12-7-8-24(21,22)9-12/h3-6,10,12H,7-9H2,1-2H3,(H,17,20)/t12-/m0/s1. The lowest BCUT2D eigenvalue weighted by Crippen LogP contribution is -2.23. The number of nitrogens with zero attached hydrogens (tertiary/aromatic N) is 2. The molecular weight excluding hydrogens is 330 g/mol. The van der Waals surface area contributed by atoms with Crippen LogP contribution >= 0.6 is 0 Å². The molecule has 128 valence electrons. The topological polar surface area (TPSA) is 102 Å². The first-order valence-electron chi connectivity index (χ1n) is 7.79. The van der Waals surface area contributed by atoms with Gasteiger partial charge in [0.05, 0.1) is 17.4 Å². The van der Waals surface area contributed by atoms with Gasteiger partial charge in [-0.2, -0.15) is 4.98 Å². The number of sulfone groups is 1. The van der Waals surface area contributed by atoms with Gasteiger partial charge in [-0.05, 0) is 30.7 Å². The molecule has 1 N–H and O–H groups in total. The van der Waals surface area contributed by atoms with Crippen LogP contribution in [0.3, 0.4) is 0 Å². The summed E-state index contributed by atoms with van der Waals surface area (Å²) >= 11 is 0. The average molecular weight is 349 g/mol. The van der Waals surface area contributed by atoms with Gasteiger partial charge in [-0.15, -0.1) is 0 Å². The molecule has 1 aromatic carbocycles. The molecule has 1 aromatic heterocycles. The van der Waals surface area contributed by atoms with E-state index in [1.165, 1.54) is 0 Å².